The van der Waals surface area contributed by atoms with Crippen LogP contribution in [0, 0.1) is 5.92 Å². The number of sulfonamides is 1. The van der Waals surface area contributed by atoms with Gasteiger partial charge in [-0.15, -0.1) is 0 Å². The fraction of sp³-hybridized carbons (Fsp3) is 0.917. The van der Waals surface area contributed by atoms with Crippen molar-refractivity contribution in [2.75, 3.05) is 46.0 Å². The van der Waals surface area contributed by atoms with Gasteiger partial charge in [0.15, 0.2) is 0 Å². The van der Waals surface area contributed by atoms with Gasteiger partial charge in [-0.2, -0.15) is 0 Å². The molecule has 112 valence electrons. The summed E-state index contributed by atoms with van der Waals surface area (Å²) in [7, 11) is 0.984. The molecule has 19 heavy (non-hydrogen) atoms. The molecule has 1 aliphatic heterocycles. The Hall–Kier alpha value is -0.660. The summed E-state index contributed by atoms with van der Waals surface area (Å²) in [6.07, 6.45) is 1.25. The van der Waals surface area contributed by atoms with Crippen LogP contribution in [0.4, 0.5) is 0 Å². The molecule has 1 saturated heterocycles. The van der Waals surface area contributed by atoms with Crippen molar-refractivity contribution in [1.29, 1.82) is 0 Å². The molecule has 0 atom stereocenters. The van der Waals surface area contributed by atoms with Crippen molar-refractivity contribution in [3.63, 3.8) is 0 Å². The molecule has 1 amide bonds. The van der Waals surface area contributed by atoms with Crippen molar-refractivity contribution in [2.45, 2.75) is 19.8 Å². The van der Waals surface area contributed by atoms with Gasteiger partial charge < -0.3 is 10.2 Å². The van der Waals surface area contributed by atoms with Gasteiger partial charge in [-0.05, 0) is 19.8 Å². The maximum Gasteiger partial charge on any atom is 0.223 e. The zero-order valence-electron chi connectivity index (χ0n) is 12.1. The number of piperidine rings is 1. The standard InChI is InChI=1S/C12H25N3O3S/c1-4-19(17,18)15-8-5-11(6-9-15)12(16)13-7-10-14(2)3/h11H,4-10H2,1-3H3,(H,13,16)/p+1. The molecule has 1 heterocycles. The van der Waals surface area contributed by atoms with Crippen molar-refractivity contribution in [3.8, 4) is 0 Å². The lowest BCUT2D eigenvalue weighted by atomic mass is 9.97. The minimum atomic E-state index is -3.10. The average molecular weight is 292 g/mol. The van der Waals surface area contributed by atoms with Crippen LogP contribution in [0.2, 0.25) is 0 Å². The number of rotatable bonds is 6. The smallest absolute Gasteiger partial charge is 0.223 e. The molecule has 1 aliphatic rings. The Kier molecular flexibility index (Phi) is 6.22. The third-order valence-corrected chi connectivity index (χ3v) is 5.39. The summed E-state index contributed by atoms with van der Waals surface area (Å²) < 4.78 is 24.9. The van der Waals surface area contributed by atoms with Gasteiger partial charge in [0.2, 0.25) is 15.9 Å². The lowest BCUT2D eigenvalue weighted by Gasteiger charge is -2.30. The average Bonchev–Trinajstić information content (AvgIpc) is 2.38. The van der Waals surface area contributed by atoms with Crippen molar-refractivity contribution < 1.29 is 18.1 Å². The second kappa shape index (κ2) is 7.21. The first-order valence-electron chi connectivity index (χ1n) is 6.91. The van der Waals surface area contributed by atoms with Gasteiger partial charge in [0.25, 0.3) is 0 Å². The van der Waals surface area contributed by atoms with E-state index in [2.05, 4.69) is 5.32 Å². The molecule has 1 fully saturated rings. The van der Waals surface area contributed by atoms with E-state index in [9.17, 15) is 13.2 Å². The van der Waals surface area contributed by atoms with Crippen LogP contribution in [0.5, 0.6) is 0 Å². The van der Waals surface area contributed by atoms with Crippen molar-refractivity contribution in [3.05, 3.63) is 0 Å². The molecule has 0 aromatic heterocycles. The maximum atomic E-state index is 11.9. The van der Waals surface area contributed by atoms with E-state index in [0.717, 1.165) is 6.54 Å². The highest BCUT2D eigenvalue weighted by Crippen LogP contribution is 2.19. The topological polar surface area (TPSA) is 70.9 Å². The number of amides is 1. The van der Waals surface area contributed by atoms with E-state index in [1.54, 1.807) is 6.92 Å². The molecular formula is C12H26N3O3S+. The Morgan fingerprint density at radius 2 is 1.89 bits per heavy atom. The van der Waals surface area contributed by atoms with E-state index in [0.29, 0.717) is 32.5 Å². The van der Waals surface area contributed by atoms with Gasteiger partial charge in [0.1, 0.15) is 0 Å². The number of hydrogen-bond acceptors (Lipinski definition) is 3. The Bertz CT molecular complexity index is 387. The van der Waals surface area contributed by atoms with Gasteiger partial charge in [-0.3, -0.25) is 4.79 Å². The molecule has 6 nitrogen and oxygen atoms in total. The molecule has 0 aromatic rings. The first-order valence-corrected chi connectivity index (χ1v) is 8.52. The molecule has 2 N–H and O–H groups in total. The predicted octanol–water partition coefficient (Wildman–Crippen LogP) is -1.69. The Morgan fingerprint density at radius 1 is 1.32 bits per heavy atom. The number of carbonyl (C=O) groups is 1. The van der Waals surface area contributed by atoms with Gasteiger partial charge in [0, 0.05) is 19.0 Å². The van der Waals surface area contributed by atoms with E-state index in [1.807, 2.05) is 14.1 Å². The van der Waals surface area contributed by atoms with Crippen LogP contribution in [0.1, 0.15) is 19.8 Å². The van der Waals surface area contributed by atoms with Crippen LogP contribution in [0.25, 0.3) is 0 Å². The van der Waals surface area contributed by atoms with Crippen LogP contribution in [-0.4, -0.2) is 64.7 Å². The van der Waals surface area contributed by atoms with Crippen LogP contribution >= 0.6 is 0 Å². The van der Waals surface area contributed by atoms with E-state index < -0.39 is 10.0 Å². The monoisotopic (exact) mass is 292 g/mol. The second-order valence-electron chi connectivity index (χ2n) is 5.32. The second-order valence-corrected chi connectivity index (χ2v) is 7.58. The summed E-state index contributed by atoms with van der Waals surface area (Å²) in [5, 5.41) is 2.92. The van der Waals surface area contributed by atoms with Gasteiger partial charge in [-0.25, -0.2) is 12.7 Å². The van der Waals surface area contributed by atoms with Crippen LogP contribution < -0.4 is 10.2 Å². The van der Waals surface area contributed by atoms with E-state index >= 15 is 0 Å². The lowest BCUT2D eigenvalue weighted by molar-refractivity contribution is -0.856. The van der Waals surface area contributed by atoms with Crippen molar-refractivity contribution in [1.82, 2.24) is 9.62 Å². The Morgan fingerprint density at radius 3 is 2.37 bits per heavy atom. The largest absolute Gasteiger partial charge is 0.350 e. The summed E-state index contributed by atoms with van der Waals surface area (Å²) in [5.41, 5.74) is 0. The van der Waals surface area contributed by atoms with Crippen LogP contribution in [0.3, 0.4) is 0 Å². The summed E-state index contributed by atoms with van der Waals surface area (Å²) in [6, 6.07) is 0. The molecule has 0 saturated carbocycles. The Balaban J connectivity index is 2.35. The fourth-order valence-corrected chi connectivity index (χ4v) is 3.29. The third-order valence-electron chi connectivity index (χ3n) is 3.51. The molecule has 0 aliphatic carbocycles. The van der Waals surface area contributed by atoms with Crippen molar-refractivity contribution in [2.24, 2.45) is 5.92 Å². The maximum absolute atomic E-state index is 11.9. The van der Waals surface area contributed by atoms with Crippen LogP contribution in [-0.2, 0) is 14.8 Å². The Labute approximate surface area is 116 Å². The quantitative estimate of drug-likeness (QED) is 0.614. The fourth-order valence-electron chi connectivity index (χ4n) is 2.16. The van der Waals surface area contributed by atoms with E-state index in [1.165, 1.54) is 9.21 Å². The first kappa shape index (κ1) is 16.4. The SMILES string of the molecule is CCS(=O)(=O)N1CCC(C(=O)NCC[NH+](C)C)CC1. The molecule has 1 rings (SSSR count). The minimum Gasteiger partial charge on any atom is -0.350 e. The highest BCUT2D eigenvalue weighted by atomic mass is 32.2. The third kappa shape index (κ3) is 5.08. The summed E-state index contributed by atoms with van der Waals surface area (Å²) >= 11 is 0. The highest BCUT2D eigenvalue weighted by molar-refractivity contribution is 7.89. The summed E-state index contributed by atoms with van der Waals surface area (Å²) in [4.78, 5) is 13.2. The summed E-state index contributed by atoms with van der Waals surface area (Å²) in [6.45, 7) is 4.15. The van der Waals surface area contributed by atoms with E-state index in [4.69, 9.17) is 0 Å². The molecule has 7 heteroatoms. The van der Waals surface area contributed by atoms with Crippen LogP contribution in [0.15, 0.2) is 0 Å². The van der Waals surface area contributed by atoms with Gasteiger partial charge in [0.05, 0.1) is 32.9 Å². The zero-order chi connectivity index (χ0) is 14.5. The number of quaternary nitrogens is 1. The van der Waals surface area contributed by atoms with E-state index in [-0.39, 0.29) is 17.6 Å². The number of hydrogen-bond donors (Lipinski definition) is 2. The molecule has 0 aromatic carbocycles. The molecule has 0 unspecified atom stereocenters. The van der Waals surface area contributed by atoms with Gasteiger partial charge >= 0.3 is 0 Å². The molecule has 0 radical (unpaired) electrons. The van der Waals surface area contributed by atoms with Gasteiger partial charge in [-0.1, -0.05) is 0 Å². The lowest BCUT2D eigenvalue weighted by Crippen LogP contribution is -3.06. The number of nitrogens with zero attached hydrogens (tertiary/aromatic N) is 1. The summed E-state index contributed by atoms with van der Waals surface area (Å²) in [5.74, 6) is 0.158. The zero-order valence-corrected chi connectivity index (χ0v) is 12.9. The molecule has 0 bridgehead atoms. The normalized spacial score (nSPS) is 18.7. The minimum absolute atomic E-state index is 0.0412. The molecule has 0 spiro atoms. The number of likely N-dealkylation sites (N-methyl/N-ethyl adjacent to an activating group) is 1. The number of nitrogens with one attached hydrogen (secondary N) is 2. The number of carbonyl (C=O) groups excluding carboxylic acids is 1. The first-order chi connectivity index (χ1) is 8.86. The highest BCUT2D eigenvalue weighted by Gasteiger charge is 2.29. The predicted molar refractivity (Wildman–Crippen MR) is 74.4 cm³/mol. The molecular weight excluding hydrogens is 266 g/mol. The van der Waals surface area contributed by atoms with Crippen molar-refractivity contribution >= 4 is 15.9 Å².